The maximum Gasteiger partial charge on any atom is 0.156 e. The summed E-state index contributed by atoms with van der Waals surface area (Å²) >= 11 is 6.90. The Bertz CT molecular complexity index is 503. The smallest absolute Gasteiger partial charge is 0.156 e. The van der Waals surface area contributed by atoms with Crippen LogP contribution >= 0.6 is 31.9 Å². The van der Waals surface area contributed by atoms with Gasteiger partial charge in [-0.25, -0.2) is 0 Å². The summed E-state index contributed by atoms with van der Waals surface area (Å²) in [5.74, 6) is 1.71. The van der Waals surface area contributed by atoms with Crippen molar-refractivity contribution < 1.29 is 9.47 Å². The molecule has 0 radical (unpaired) electrons. The molecule has 0 bridgehead atoms. The number of rotatable bonds is 6. The zero-order valence-electron chi connectivity index (χ0n) is 10.3. The Morgan fingerprint density at radius 3 is 2.42 bits per heavy atom. The average molecular weight is 386 g/mol. The van der Waals surface area contributed by atoms with Crippen LogP contribution in [0.3, 0.4) is 0 Å². The van der Waals surface area contributed by atoms with Gasteiger partial charge in [0.05, 0.1) is 6.61 Å². The Kier molecular flexibility index (Phi) is 5.73. The number of para-hydroxylation sites is 1. The molecule has 1 unspecified atom stereocenters. The van der Waals surface area contributed by atoms with Gasteiger partial charge in [-0.05, 0) is 46.3 Å². The van der Waals surface area contributed by atoms with Crippen LogP contribution in [0.15, 0.2) is 59.1 Å². The molecule has 0 fully saturated rings. The highest BCUT2D eigenvalue weighted by Crippen LogP contribution is 2.19. The molecule has 0 saturated carbocycles. The highest BCUT2D eigenvalue weighted by atomic mass is 79.9. The Morgan fingerprint density at radius 1 is 0.947 bits per heavy atom. The minimum Gasteiger partial charge on any atom is -0.493 e. The molecular formula is C15H14Br2O2. The molecule has 0 aliphatic carbocycles. The Morgan fingerprint density at radius 2 is 1.68 bits per heavy atom. The Hall–Kier alpha value is -1.00. The summed E-state index contributed by atoms with van der Waals surface area (Å²) in [7, 11) is 0. The number of benzene rings is 2. The van der Waals surface area contributed by atoms with Crippen molar-refractivity contribution in [1.29, 1.82) is 0 Å². The summed E-state index contributed by atoms with van der Waals surface area (Å²) in [6.07, 6.45) is 0.765. The first-order valence-electron chi connectivity index (χ1n) is 5.98. The van der Waals surface area contributed by atoms with Gasteiger partial charge in [0, 0.05) is 10.9 Å². The van der Waals surface area contributed by atoms with Crippen molar-refractivity contribution in [2.75, 3.05) is 6.61 Å². The van der Waals surface area contributed by atoms with Crippen molar-refractivity contribution >= 4 is 31.9 Å². The molecule has 1 atom stereocenters. The fraction of sp³-hybridized carbons (Fsp3) is 0.200. The minimum absolute atomic E-state index is 0.0537. The van der Waals surface area contributed by atoms with E-state index in [1.54, 1.807) is 0 Å². The van der Waals surface area contributed by atoms with Crippen LogP contribution in [0.4, 0.5) is 0 Å². The summed E-state index contributed by atoms with van der Waals surface area (Å²) in [5, 5.41) is -0.0537. The van der Waals surface area contributed by atoms with Crippen molar-refractivity contribution in [3.8, 4) is 11.5 Å². The number of alkyl halides is 1. The van der Waals surface area contributed by atoms with Gasteiger partial charge in [-0.3, -0.25) is 0 Å². The molecule has 0 aromatic heterocycles. The molecule has 0 heterocycles. The predicted molar refractivity (Wildman–Crippen MR) is 84.0 cm³/mol. The maximum atomic E-state index is 5.70. The van der Waals surface area contributed by atoms with E-state index in [0.717, 1.165) is 22.4 Å². The second-order valence-electron chi connectivity index (χ2n) is 3.94. The molecule has 2 rings (SSSR count). The van der Waals surface area contributed by atoms with Crippen LogP contribution < -0.4 is 9.47 Å². The van der Waals surface area contributed by atoms with Gasteiger partial charge in [0.15, 0.2) is 5.01 Å². The number of hydrogen-bond acceptors (Lipinski definition) is 2. The van der Waals surface area contributed by atoms with Crippen molar-refractivity contribution in [1.82, 2.24) is 0 Å². The van der Waals surface area contributed by atoms with Crippen LogP contribution in [-0.4, -0.2) is 11.6 Å². The highest BCUT2D eigenvalue weighted by molar-refractivity contribution is 9.10. The molecule has 2 nitrogen and oxygen atoms in total. The van der Waals surface area contributed by atoms with E-state index < -0.39 is 0 Å². The zero-order chi connectivity index (χ0) is 13.5. The predicted octanol–water partition coefficient (Wildman–Crippen LogP) is 5.02. The maximum absolute atomic E-state index is 5.70. The summed E-state index contributed by atoms with van der Waals surface area (Å²) < 4.78 is 12.4. The van der Waals surface area contributed by atoms with E-state index in [1.807, 2.05) is 54.6 Å². The van der Waals surface area contributed by atoms with E-state index in [4.69, 9.17) is 9.47 Å². The SMILES string of the molecule is Brc1cccc(OCCC(Br)Oc2ccccc2)c1. The lowest BCUT2D eigenvalue weighted by atomic mass is 10.3. The fourth-order valence-corrected chi connectivity index (χ4v) is 2.31. The Balaban J connectivity index is 1.73. The lowest BCUT2D eigenvalue weighted by molar-refractivity contribution is 0.230. The van der Waals surface area contributed by atoms with E-state index in [-0.39, 0.29) is 5.01 Å². The van der Waals surface area contributed by atoms with Crippen LogP contribution in [0.25, 0.3) is 0 Å². The summed E-state index contributed by atoms with van der Waals surface area (Å²) in [6, 6.07) is 17.5. The van der Waals surface area contributed by atoms with Gasteiger partial charge < -0.3 is 9.47 Å². The van der Waals surface area contributed by atoms with Gasteiger partial charge in [-0.15, -0.1) is 0 Å². The van der Waals surface area contributed by atoms with Crippen molar-refractivity contribution in [2.24, 2.45) is 0 Å². The highest BCUT2D eigenvalue weighted by Gasteiger charge is 2.06. The third kappa shape index (κ3) is 5.25. The Labute approximate surface area is 130 Å². The van der Waals surface area contributed by atoms with E-state index in [1.165, 1.54) is 0 Å². The number of halogens is 2. The molecule has 2 aromatic carbocycles. The van der Waals surface area contributed by atoms with Crippen LogP contribution in [0.2, 0.25) is 0 Å². The molecule has 0 amide bonds. The second kappa shape index (κ2) is 7.56. The summed E-state index contributed by atoms with van der Waals surface area (Å²) in [4.78, 5) is 0. The number of hydrogen-bond donors (Lipinski definition) is 0. The molecule has 0 spiro atoms. The molecule has 4 heteroatoms. The molecule has 0 N–H and O–H groups in total. The van der Waals surface area contributed by atoms with Crippen molar-refractivity contribution in [2.45, 2.75) is 11.4 Å². The molecule has 2 aromatic rings. The summed E-state index contributed by atoms with van der Waals surface area (Å²) in [5.41, 5.74) is 0. The average Bonchev–Trinajstić information content (AvgIpc) is 2.40. The molecule has 0 saturated heterocycles. The van der Waals surface area contributed by atoms with Gasteiger partial charge in [0.25, 0.3) is 0 Å². The normalized spacial score (nSPS) is 11.9. The number of ether oxygens (including phenoxy) is 2. The van der Waals surface area contributed by atoms with Crippen LogP contribution in [0.5, 0.6) is 11.5 Å². The first kappa shape index (κ1) is 14.4. The zero-order valence-corrected chi connectivity index (χ0v) is 13.4. The first-order chi connectivity index (χ1) is 9.24. The fourth-order valence-electron chi connectivity index (χ4n) is 1.53. The largest absolute Gasteiger partial charge is 0.493 e. The molecular weight excluding hydrogens is 372 g/mol. The summed E-state index contributed by atoms with van der Waals surface area (Å²) in [6.45, 7) is 0.596. The van der Waals surface area contributed by atoms with Crippen LogP contribution in [0.1, 0.15) is 6.42 Å². The third-order valence-electron chi connectivity index (χ3n) is 2.42. The van der Waals surface area contributed by atoms with Gasteiger partial charge in [0.2, 0.25) is 0 Å². The quantitative estimate of drug-likeness (QED) is 0.650. The van der Waals surface area contributed by atoms with Crippen LogP contribution in [0, 0.1) is 0 Å². The molecule has 100 valence electrons. The first-order valence-corrected chi connectivity index (χ1v) is 7.69. The van der Waals surface area contributed by atoms with Gasteiger partial charge >= 0.3 is 0 Å². The third-order valence-corrected chi connectivity index (χ3v) is 3.55. The van der Waals surface area contributed by atoms with E-state index in [9.17, 15) is 0 Å². The van der Waals surface area contributed by atoms with Crippen molar-refractivity contribution in [3.63, 3.8) is 0 Å². The minimum atomic E-state index is -0.0537. The topological polar surface area (TPSA) is 18.5 Å². The van der Waals surface area contributed by atoms with E-state index >= 15 is 0 Å². The molecule has 0 aliphatic rings. The van der Waals surface area contributed by atoms with Crippen LogP contribution in [-0.2, 0) is 0 Å². The molecule has 0 aliphatic heterocycles. The second-order valence-corrected chi connectivity index (χ2v) is 5.87. The van der Waals surface area contributed by atoms with Gasteiger partial charge in [-0.2, -0.15) is 0 Å². The standard InChI is InChI=1S/C15H14Br2O2/c16-12-5-4-8-14(11-12)18-10-9-15(17)19-13-6-2-1-3-7-13/h1-8,11,15H,9-10H2. The molecule has 19 heavy (non-hydrogen) atoms. The monoisotopic (exact) mass is 384 g/mol. The lowest BCUT2D eigenvalue weighted by Gasteiger charge is -2.13. The van der Waals surface area contributed by atoms with E-state index in [0.29, 0.717) is 6.61 Å². The van der Waals surface area contributed by atoms with Crippen molar-refractivity contribution in [3.05, 3.63) is 59.1 Å². The van der Waals surface area contributed by atoms with E-state index in [2.05, 4.69) is 31.9 Å². The lowest BCUT2D eigenvalue weighted by Crippen LogP contribution is -2.12. The van der Waals surface area contributed by atoms with Gasteiger partial charge in [0.1, 0.15) is 11.5 Å². The van der Waals surface area contributed by atoms with Gasteiger partial charge in [-0.1, -0.05) is 40.2 Å².